The lowest BCUT2D eigenvalue weighted by Gasteiger charge is -2.19. The van der Waals surface area contributed by atoms with Crippen LogP contribution < -0.4 is 10.5 Å². The second kappa shape index (κ2) is 9.25. The topological polar surface area (TPSA) is 72.9 Å². The van der Waals surface area contributed by atoms with E-state index in [0.29, 0.717) is 29.8 Å². The molecule has 8 heteroatoms. The van der Waals surface area contributed by atoms with E-state index < -0.39 is 0 Å². The number of fused-ring (bicyclic) bond motifs is 2. The van der Waals surface area contributed by atoms with Crippen molar-refractivity contribution in [1.82, 2.24) is 14.3 Å². The van der Waals surface area contributed by atoms with E-state index in [9.17, 15) is 4.79 Å². The fraction of sp³-hybridized carbons (Fsp3) is 0.364. The van der Waals surface area contributed by atoms with Crippen LogP contribution in [0.4, 0.5) is 0 Å². The predicted molar refractivity (Wildman–Crippen MR) is 121 cm³/mol. The number of carbonyl (C=O) groups is 1. The molecule has 0 bridgehead atoms. The minimum Gasteiger partial charge on any atom is -0.487 e. The molecule has 0 spiro atoms. The number of ether oxygens (including phenoxy) is 1. The van der Waals surface area contributed by atoms with E-state index in [-0.39, 0.29) is 36.8 Å². The SMILES string of the molecule is Cl.Cl.NC1CCC2CN(C(=O)c3cccc(OCc4cn5ccccc5n4)c3)CC12. The lowest BCUT2D eigenvalue weighted by Crippen LogP contribution is -2.33. The zero-order valence-electron chi connectivity index (χ0n) is 16.5. The van der Waals surface area contributed by atoms with E-state index in [4.69, 9.17) is 10.5 Å². The highest BCUT2D eigenvalue weighted by Gasteiger charge is 2.42. The Kier molecular flexibility index (Phi) is 6.91. The molecule has 2 aromatic heterocycles. The summed E-state index contributed by atoms with van der Waals surface area (Å²) in [5.41, 5.74) is 8.61. The van der Waals surface area contributed by atoms with Crippen LogP contribution in [0.3, 0.4) is 0 Å². The number of nitrogens with two attached hydrogens (primary N) is 1. The smallest absolute Gasteiger partial charge is 0.254 e. The Morgan fingerprint density at radius 3 is 2.80 bits per heavy atom. The number of rotatable bonds is 4. The summed E-state index contributed by atoms with van der Waals surface area (Å²) in [6.45, 7) is 1.96. The molecule has 0 radical (unpaired) electrons. The van der Waals surface area contributed by atoms with Gasteiger partial charge >= 0.3 is 0 Å². The van der Waals surface area contributed by atoms with Crippen LogP contribution in [0.1, 0.15) is 28.9 Å². The summed E-state index contributed by atoms with van der Waals surface area (Å²) in [4.78, 5) is 19.4. The highest BCUT2D eigenvalue weighted by molar-refractivity contribution is 5.94. The highest BCUT2D eigenvalue weighted by atomic mass is 35.5. The molecule has 1 aliphatic carbocycles. The number of benzene rings is 1. The fourth-order valence-electron chi connectivity index (χ4n) is 4.59. The zero-order chi connectivity index (χ0) is 19.1. The molecule has 3 unspecified atom stereocenters. The van der Waals surface area contributed by atoms with Gasteiger partial charge in [-0.25, -0.2) is 4.98 Å². The lowest BCUT2D eigenvalue weighted by molar-refractivity contribution is 0.0779. The number of nitrogens with zero attached hydrogens (tertiary/aromatic N) is 3. The van der Waals surface area contributed by atoms with Gasteiger partial charge in [0.15, 0.2) is 0 Å². The minimum atomic E-state index is 0. The average molecular weight is 449 g/mol. The number of imidazole rings is 1. The van der Waals surface area contributed by atoms with Gasteiger partial charge in [-0.15, -0.1) is 24.8 Å². The Hall–Kier alpha value is -2.28. The van der Waals surface area contributed by atoms with Crippen molar-refractivity contribution in [3.05, 3.63) is 66.1 Å². The summed E-state index contributed by atoms with van der Waals surface area (Å²) >= 11 is 0. The first kappa shape index (κ1) is 22.4. The van der Waals surface area contributed by atoms with Gasteiger partial charge in [0.2, 0.25) is 0 Å². The number of likely N-dealkylation sites (tertiary alicyclic amines) is 1. The normalized spacial score (nSPS) is 22.3. The summed E-state index contributed by atoms with van der Waals surface area (Å²) in [5.74, 6) is 1.77. The van der Waals surface area contributed by atoms with Gasteiger partial charge in [0.25, 0.3) is 5.91 Å². The molecule has 160 valence electrons. The van der Waals surface area contributed by atoms with Crippen molar-refractivity contribution in [3.8, 4) is 5.75 Å². The zero-order valence-corrected chi connectivity index (χ0v) is 18.1. The van der Waals surface area contributed by atoms with Crippen molar-refractivity contribution < 1.29 is 9.53 Å². The van der Waals surface area contributed by atoms with Crippen molar-refractivity contribution >= 4 is 36.4 Å². The van der Waals surface area contributed by atoms with Gasteiger partial charge < -0.3 is 19.8 Å². The summed E-state index contributed by atoms with van der Waals surface area (Å²) in [7, 11) is 0. The third-order valence-corrected chi connectivity index (χ3v) is 6.08. The van der Waals surface area contributed by atoms with Crippen molar-refractivity contribution in [2.45, 2.75) is 25.5 Å². The molecule has 2 fully saturated rings. The van der Waals surface area contributed by atoms with Gasteiger partial charge in [-0.05, 0) is 55.0 Å². The molecule has 2 N–H and O–H groups in total. The molecular weight excluding hydrogens is 423 g/mol. The summed E-state index contributed by atoms with van der Waals surface area (Å²) < 4.78 is 7.87. The van der Waals surface area contributed by atoms with Crippen LogP contribution in [0.2, 0.25) is 0 Å². The van der Waals surface area contributed by atoms with Crippen LogP contribution in [-0.4, -0.2) is 39.3 Å². The average Bonchev–Trinajstić information content (AvgIpc) is 3.41. The lowest BCUT2D eigenvalue weighted by atomic mass is 9.98. The second-order valence-electron chi connectivity index (χ2n) is 7.89. The quantitative estimate of drug-likeness (QED) is 0.661. The minimum absolute atomic E-state index is 0. The first-order chi connectivity index (χ1) is 13.7. The number of hydrogen-bond acceptors (Lipinski definition) is 4. The summed E-state index contributed by atoms with van der Waals surface area (Å²) in [5, 5.41) is 0. The van der Waals surface area contributed by atoms with E-state index in [1.807, 2.05) is 64.2 Å². The molecule has 2 aliphatic rings. The van der Waals surface area contributed by atoms with Gasteiger partial charge in [0, 0.05) is 37.1 Å². The fourth-order valence-corrected chi connectivity index (χ4v) is 4.59. The molecule has 1 aromatic carbocycles. The van der Waals surface area contributed by atoms with Crippen LogP contribution in [0.25, 0.3) is 5.65 Å². The Morgan fingerprint density at radius 2 is 2.00 bits per heavy atom. The number of amides is 1. The number of aromatic nitrogens is 2. The molecule has 3 aromatic rings. The van der Waals surface area contributed by atoms with E-state index in [2.05, 4.69) is 4.98 Å². The van der Waals surface area contributed by atoms with Crippen molar-refractivity contribution in [2.75, 3.05) is 13.1 Å². The number of carbonyl (C=O) groups excluding carboxylic acids is 1. The summed E-state index contributed by atoms with van der Waals surface area (Å²) in [6.07, 6.45) is 6.14. The molecule has 1 amide bonds. The molecule has 30 heavy (non-hydrogen) atoms. The molecule has 1 saturated heterocycles. The van der Waals surface area contributed by atoms with Gasteiger partial charge in [0.05, 0.1) is 5.69 Å². The Morgan fingerprint density at radius 1 is 1.13 bits per heavy atom. The van der Waals surface area contributed by atoms with Crippen LogP contribution in [0.15, 0.2) is 54.9 Å². The van der Waals surface area contributed by atoms with Crippen LogP contribution in [-0.2, 0) is 6.61 Å². The van der Waals surface area contributed by atoms with Crippen molar-refractivity contribution in [1.29, 1.82) is 0 Å². The Bertz CT molecular complexity index is 992. The van der Waals surface area contributed by atoms with E-state index in [1.54, 1.807) is 0 Å². The molecule has 1 aliphatic heterocycles. The van der Waals surface area contributed by atoms with Gasteiger partial charge in [0.1, 0.15) is 18.0 Å². The molecule has 6 nitrogen and oxygen atoms in total. The number of pyridine rings is 1. The first-order valence-electron chi connectivity index (χ1n) is 9.88. The molecule has 3 heterocycles. The standard InChI is InChI=1S/C22H24N4O2.2ClH/c23-20-8-7-16-11-26(13-19(16)20)22(27)15-4-3-5-18(10-15)28-14-17-12-25-9-2-1-6-21(25)24-17;;/h1-6,9-10,12,16,19-20H,7-8,11,13-14,23H2;2*1H. The van der Waals surface area contributed by atoms with E-state index in [0.717, 1.165) is 37.3 Å². The number of halogens is 2. The van der Waals surface area contributed by atoms with Crippen molar-refractivity contribution in [3.63, 3.8) is 0 Å². The van der Waals surface area contributed by atoms with Crippen LogP contribution in [0.5, 0.6) is 5.75 Å². The maximum absolute atomic E-state index is 12.9. The maximum Gasteiger partial charge on any atom is 0.254 e. The number of hydrogen-bond donors (Lipinski definition) is 1. The van der Waals surface area contributed by atoms with Crippen molar-refractivity contribution in [2.24, 2.45) is 17.6 Å². The second-order valence-corrected chi connectivity index (χ2v) is 7.89. The van der Waals surface area contributed by atoms with Gasteiger partial charge in [-0.2, -0.15) is 0 Å². The Balaban J connectivity index is 0.00000128. The first-order valence-corrected chi connectivity index (χ1v) is 9.88. The Labute approximate surface area is 188 Å². The third-order valence-electron chi connectivity index (χ3n) is 6.08. The third kappa shape index (κ3) is 4.26. The van der Waals surface area contributed by atoms with Gasteiger partial charge in [-0.3, -0.25) is 4.79 Å². The monoisotopic (exact) mass is 448 g/mol. The van der Waals surface area contributed by atoms with Crippen LogP contribution >= 0.6 is 24.8 Å². The predicted octanol–water partition coefficient (Wildman–Crippen LogP) is 3.57. The van der Waals surface area contributed by atoms with Crippen LogP contribution in [0, 0.1) is 11.8 Å². The summed E-state index contributed by atoms with van der Waals surface area (Å²) in [6, 6.07) is 13.6. The van der Waals surface area contributed by atoms with Gasteiger partial charge in [-0.1, -0.05) is 12.1 Å². The van der Waals surface area contributed by atoms with E-state index in [1.165, 1.54) is 0 Å². The molecule has 1 saturated carbocycles. The largest absolute Gasteiger partial charge is 0.487 e. The van der Waals surface area contributed by atoms with E-state index >= 15 is 0 Å². The molecular formula is C22H26Cl2N4O2. The maximum atomic E-state index is 12.9. The highest BCUT2D eigenvalue weighted by Crippen LogP contribution is 2.37. The molecule has 3 atom stereocenters. The molecule has 5 rings (SSSR count).